The Morgan fingerprint density at radius 1 is 1.50 bits per heavy atom. The molecule has 112 valence electrons. The van der Waals surface area contributed by atoms with Gasteiger partial charge in [-0.3, -0.25) is 9.48 Å². The van der Waals surface area contributed by atoms with Crippen molar-refractivity contribution in [3.63, 3.8) is 0 Å². The third kappa shape index (κ3) is 3.39. The highest BCUT2D eigenvalue weighted by Crippen LogP contribution is 2.36. The molecule has 0 saturated heterocycles. The molecule has 0 aliphatic heterocycles. The smallest absolute Gasteiger partial charge is 0.325 e. The highest BCUT2D eigenvalue weighted by molar-refractivity contribution is 5.76. The van der Waals surface area contributed by atoms with Crippen molar-refractivity contribution in [3.05, 3.63) is 18.0 Å². The number of carbonyl (C=O) groups is 1. The van der Waals surface area contributed by atoms with E-state index in [-0.39, 0.29) is 12.0 Å². The van der Waals surface area contributed by atoms with E-state index in [1.54, 1.807) is 4.68 Å². The van der Waals surface area contributed by atoms with Crippen LogP contribution in [0.15, 0.2) is 12.4 Å². The predicted octanol–water partition coefficient (Wildman–Crippen LogP) is 2.38. The first-order valence-electron chi connectivity index (χ1n) is 7.30. The molecule has 2 N–H and O–H groups in total. The molecule has 0 amide bonds. The Kier molecular flexibility index (Phi) is 4.18. The Bertz CT molecular complexity index is 472. The van der Waals surface area contributed by atoms with E-state index in [1.165, 1.54) is 24.8 Å². The minimum atomic E-state index is -0.705. The molecule has 5 nitrogen and oxygen atoms in total. The van der Waals surface area contributed by atoms with Crippen molar-refractivity contribution in [2.24, 2.45) is 5.73 Å². The highest BCUT2D eigenvalue weighted by Gasteiger charge is 2.29. The maximum atomic E-state index is 12.0. The van der Waals surface area contributed by atoms with Crippen molar-refractivity contribution < 1.29 is 9.53 Å². The number of carbonyl (C=O) groups excluding carboxylic acids is 1. The van der Waals surface area contributed by atoms with E-state index in [2.05, 4.69) is 5.10 Å². The van der Waals surface area contributed by atoms with Crippen LogP contribution < -0.4 is 5.73 Å². The van der Waals surface area contributed by atoms with E-state index >= 15 is 0 Å². The normalized spacial score (nSPS) is 19.2. The second kappa shape index (κ2) is 5.56. The molecule has 20 heavy (non-hydrogen) atoms. The summed E-state index contributed by atoms with van der Waals surface area (Å²) in [6.07, 6.45) is 7.67. The van der Waals surface area contributed by atoms with E-state index in [1.807, 2.05) is 40.1 Å². The van der Waals surface area contributed by atoms with Gasteiger partial charge >= 0.3 is 5.97 Å². The van der Waals surface area contributed by atoms with Gasteiger partial charge in [-0.05, 0) is 52.0 Å². The van der Waals surface area contributed by atoms with E-state index in [0.717, 1.165) is 0 Å². The Hall–Kier alpha value is -1.36. The zero-order chi connectivity index (χ0) is 14.9. The summed E-state index contributed by atoms with van der Waals surface area (Å²) < 4.78 is 7.10. The van der Waals surface area contributed by atoms with Gasteiger partial charge in [0.25, 0.3) is 0 Å². The van der Waals surface area contributed by atoms with Gasteiger partial charge in [0.05, 0.1) is 12.2 Å². The number of ether oxygens (including phenoxy) is 1. The lowest BCUT2D eigenvalue weighted by molar-refractivity contribution is -0.157. The maximum absolute atomic E-state index is 12.0. The van der Waals surface area contributed by atoms with Gasteiger partial charge in [0.2, 0.25) is 0 Å². The quantitative estimate of drug-likeness (QED) is 0.859. The molecule has 1 aliphatic rings. The van der Waals surface area contributed by atoms with Gasteiger partial charge in [-0.15, -0.1) is 0 Å². The average molecular weight is 279 g/mol. The summed E-state index contributed by atoms with van der Waals surface area (Å²) in [5.41, 5.74) is 6.73. The molecular weight excluding hydrogens is 254 g/mol. The van der Waals surface area contributed by atoms with Gasteiger partial charge in [-0.1, -0.05) is 6.42 Å². The summed E-state index contributed by atoms with van der Waals surface area (Å²) in [5, 5.41) is 4.35. The van der Waals surface area contributed by atoms with E-state index in [9.17, 15) is 4.79 Å². The lowest BCUT2D eigenvalue weighted by atomic mass is 9.81. The predicted molar refractivity (Wildman–Crippen MR) is 77.4 cm³/mol. The molecular formula is C15H25N3O2. The molecule has 1 saturated carbocycles. The maximum Gasteiger partial charge on any atom is 0.325 e. The summed E-state index contributed by atoms with van der Waals surface area (Å²) in [5.74, 6) is 0.249. The number of nitrogens with zero attached hydrogens (tertiary/aromatic N) is 2. The topological polar surface area (TPSA) is 70.1 Å². The van der Waals surface area contributed by atoms with Crippen LogP contribution in [0, 0.1) is 0 Å². The van der Waals surface area contributed by atoms with Crippen LogP contribution in [0.4, 0.5) is 0 Å². The first-order chi connectivity index (χ1) is 9.28. The number of esters is 1. The van der Waals surface area contributed by atoms with Crippen LogP contribution in [0.5, 0.6) is 0 Å². The first-order valence-corrected chi connectivity index (χ1v) is 7.30. The highest BCUT2D eigenvalue weighted by atomic mass is 16.6. The van der Waals surface area contributed by atoms with Crippen LogP contribution in [0.25, 0.3) is 0 Å². The van der Waals surface area contributed by atoms with Gasteiger partial charge in [0.15, 0.2) is 0 Å². The first kappa shape index (κ1) is 15.0. The van der Waals surface area contributed by atoms with Gasteiger partial charge in [0, 0.05) is 6.20 Å². The third-order valence-electron chi connectivity index (χ3n) is 3.81. The average Bonchev–Trinajstić information content (AvgIpc) is 2.71. The molecule has 0 spiro atoms. The van der Waals surface area contributed by atoms with Gasteiger partial charge < -0.3 is 10.5 Å². The van der Waals surface area contributed by atoms with Gasteiger partial charge in [-0.25, -0.2) is 0 Å². The van der Waals surface area contributed by atoms with Gasteiger partial charge in [0.1, 0.15) is 11.6 Å². The number of rotatable bonds is 4. The minimum Gasteiger partial charge on any atom is -0.459 e. The van der Waals surface area contributed by atoms with Crippen molar-refractivity contribution in [1.29, 1.82) is 0 Å². The van der Waals surface area contributed by atoms with Crippen molar-refractivity contribution in [3.8, 4) is 0 Å². The molecule has 2 rings (SSSR count). The molecule has 5 heteroatoms. The number of nitrogens with two attached hydrogens (primary N) is 1. The third-order valence-corrected chi connectivity index (χ3v) is 3.81. The standard InChI is InChI=1S/C15H25N3O2/c1-10(13(16)14(19)20-15(2,3)4)18-9-12(8-17-18)11-6-5-7-11/h8-11,13H,5-7,16H2,1-4H3. The summed E-state index contributed by atoms with van der Waals surface area (Å²) in [7, 11) is 0. The molecule has 1 fully saturated rings. The summed E-state index contributed by atoms with van der Waals surface area (Å²) >= 11 is 0. The fourth-order valence-corrected chi connectivity index (χ4v) is 2.26. The molecule has 1 aromatic heterocycles. The summed E-state index contributed by atoms with van der Waals surface area (Å²) in [6.45, 7) is 7.41. The molecule has 0 radical (unpaired) electrons. The monoisotopic (exact) mass is 279 g/mol. The van der Waals surface area contributed by atoms with Crippen molar-refractivity contribution in [2.45, 2.75) is 70.6 Å². The molecule has 0 bridgehead atoms. The summed E-state index contributed by atoms with van der Waals surface area (Å²) in [6, 6.07) is -0.915. The number of hydrogen-bond donors (Lipinski definition) is 1. The SMILES string of the molecule is CC(C(N)C(=O)OC(C)(C)C)n1cc(C2CCC2)cn1. The van der Waals surface area contributed by atoms with Crippen LogP contribution >= 0.6 is 0 Å². The minimum absolute atomic E-state index is 0.210. The Morgan fingerprint density at radius 3 is 2.65 bits per heavy atom. The lowest BCUT2D eigenvalue weighted by Crippen LogP contribution is -2.42. The van der Waals surface area contributed by atoms with Crippen molar-refractivity contribution >= 4 is 5.97 Å². The molecule has 2 atom stereocenters. The molecule has 1 heterocycles. The lowest BCUT2D eigenvalue weighted by Gasteiger charge is -2.25. The van der Waals surface area contributed by atoms with Crippen molar-refractivity contribution in [1.82, 2.24) is 9.78 Å². The fraction of sp³-hybridized carbons (Fsp3) is 0.733. The zero-order valence-electron chi connectivity index (χ0n) is 12.8. The molecule has 1 aliphatic carbocycles. The Labute approximate surface area is 120 Å². The van der Waals surface area contributed by atoms with E-state index < -0.39 is 11.6 Å². The largest absolute Gasteiger partial charge is 0.459 e. The van der Waals surface area contributed by atoms with Crippen molar-refractivity contribution in [2.75, 3.05) is 0 Å². The second-order valence-corrected chi connectivity index (χ2v) is 6.68. The molecule has 2 unspecified atom stereocenters. The van der Waals surface area contributed by atoms with Crippen LogP contribution in [-0.4, -0.2) is 27.4 Å². The number of hydrogen-bond acceptors (Lipinski definition) is 4. The Morgan fingerprint density at radius 2 is 2.15 bits per heavy atom. The van der Waals surface area contributed by atoms with Crippen LogP contribution in [0.1, 0.15) is 64.5 Å². The van der Waals surface area contributed by atoms with Gasteiger partial charge in [-0.2, -0.15) is 5.10 Å². The Balaban J connectivity index is 2.00. The number of aromatic nitrogens is 2. The van der Waals surface area contributed by atoms with Crippen LogP contribution in [0.2, 0.25) is 0 Å². The van der Waals surface area contributed by atoms with Crippen LogP contribution in [-0.2, 0) is 9.53 Å². The van der Waals surface area contributed by atoms with E-state index in [4.69, 9.17) is 10.5 Å². The zero-order valence-corrected chi connectivity index (χ0v) is 12.8. The van der Waals surface area contributed by atoms with Crippen LogP contribution in [0.3, 0.4) is 0 Å². The fourth-order valence-electron chi connectivity index (χ4n) is 2.26. The van der Waals surface area contributed by atoms with E-state index in [0.29, 0.717) is 5.92 Å². The molecule has 1 aromatic rings. The molecule has 0 aromatic carbocycles. The second-order valence-electron chi connectivity index (χ2n) is 6.68. The summed E-state index contributed by atoms with van der Waals surface area (Å²) in [4.78, 5) is 12.0.